The molecule has 3 rings (SSSR count). The van der Waals surface area contributed by atoms with E-state index in [1.165, 1.54) is 30.3 Å². The Balaban J connectivity index is 1.96. The van der Waals surface area contributed by atoms with Crippen LogP contribution in [0.5, 0.6) is 0 Å². The second-order valence-electron chi connectivity index (χ2n) is 9.24. The summed E-state index contributed by atoms with van der Waals surface area (Å²) in [5.41, 5.74) is -0.699. The molecule has 0 aliphatic rings. The zero-order chi connectivity index (χ0) is 25.9. The van der Waals surface area contributed by atoms with E-state index in [0.717, 1.165) is 10.7 Å². The molecule has 4 N–H and O–H groups in total. The summed E-state index contributed by atoms with van der Waals surface area (Å²) in [7, 11) is 0. The molecular weight excluding hydrogens is 465 g/mol. The molecule has 1 aromatic heterocycles. The van der Waals surface area contributed by atoms with E-state index in [2.05, 4.69) is 15.7 Å². The van der Waals surface area contributed by atoms with Crippen LogP contribution in [-0.4, -0.2) is 57.1 Å². The van der Waals surface area contributed by atoms with Crippen LogP contribution in [0.4, 0.5) is 13.2 Å². The fraction of sp³-hybridized carbons (Fsp3) is 0.375. The van der Waals surface area contributed by atoms with E-state index in [9.17, 15) is 27.9 Å². The van der Waals surface area contributed by atoms with Gasteiger partial charge in [-0.2, -0.15) is 5.10 Å². The van der Waals surface area contributed by atoms with Gasteiger partial charge in [0.1, 0.15) is 17.4 Å². The second kappa shape index (κ2) is 10.4. The fourth-order valence-electron chi connectivity index (χ4n) is 3.51. The van der Waals surface area contributed by atoms with Gasteiger partial charge in [0, 0.05) is 11.9 Å². The number of carbonyl (C=O) groups is 2. The van der Waals surface area contributed by atoms with Crippen LogP contribution in [0.3, 0.4) is 0 Å². The number of aromatic nitrogens is 2. The molecule has 0 aliphatic carbocycles. The van der Waals surface area contributed by atoms with Gasteiger partial charge in [0.05, 0.1) is 19.3 Å². The number of hydrogen-bond donors (Lipinski definition) is 4. The van der Waals surface area contributed by atoms with Gasteiger partial charge in [-0.1, -0.05) is 32.9 Å². The quantitative estimate of drug-likeness (QED) is 0.385. The van der Waals surface area contributed by atoms with Crippen molar-refractivity contribution in [1.82, 2.24) is 20.4 Å². The smallest absolute Gasteiger partial charge is 0.273 e. The van der Waals surface area contributed by atoms with Crippen LogP contribution in [0.15, 0.2) is 36.4 Å². The number of benzene rings is 2. The van der Waals surface area contributed by atoms with Crippen molar-refractivity contribution < 1.29 is 33.0 Å². The average molecular weight is 492 g/mol. The van der Waals surface area contributed by atoms with Crippen molar-refractivity contribution in [3.05, 3.63) is 65.1 Å². The van der Waals surface area contributed by atoms with Gasteiger partial charge in [0.15, 0.2) is 17.3 Å². The zero-order valence-corrected chi connectivity index (χ0v) is 19.5. The number of hydrogen-bond acceptors (Lipinski definition) is 5. The summed E-state index contributed by atoms with van der Waals surface area (Å²) in [5.74, 6) is -4.19. The highest BCUT2D eigenvalue weighted by Crippen LogP contribution is 2.26. The fourth-order valence-corrected chi connectivity index (χ4v) is 3.51. The topological polar surface area (TPSA) is 116 Å². The van der Waals surface area contributed by atoms with E-state index >= 15 is 0 Å². The monoisotopic (exact) mass is 492 g/mol. The predicted molar refractivity (Wildman–Crippen MR) is 122 cm³/mol. The highest BCUT2D eigenvalue weighted by atomic mass is 19.2. The maximum atomic E-state index is 14.8. The summed E-state index contributed by atoms with van der Waals surface area (Å²) < 4.78 is 43.2. The first-order valence-electron chi connectivity index (χ1n) is 10.9. The largest absolute Gasteiger partial charge is 0.394 e. The Morgan fingerprint density at radius 1 is 1.09 bits per heavy atom. The van der Waals surface area contributed by atoms with Gasteiger partial charge < -0.3 is 20.8 Å². The molecule has 0 fully saturated rings. The van der Waals surface area contributed by atoms with Crippen molar-refractivity contribution in [2.24, 2.45) is 5.41 Å². The molecule has 0 bridgehead atoms. The van der Waals surface area contributed by atoms with Gasteiger partial charge in [0.2, 0.25) is 5.91 Å². The summed E-state index contributed by atoms with van der Waals surface area (Å²) in [5, 5.41) is 27.7. The van der Waals surface area contributed by atoms with E-state index in [1.54, 1.807) is 20.8 Å². The third-order valence-electron chi connectivity index (χ3n) is 5.39. The third-order valence-corrected chi connectivity index (χ3v) is 5.39. The first kappa shape index (κ1) is 26.2. The zero-order valence-electron chi connectivity index (χ0n) is 19.5. The van der Waals surface area contributed by atoms with Gasteiger partial charge >= 0.3 is 0 Å². The van der Waals surface area contributed by atoms with Gasteiger partial charge in [-0.3, -0.25) is 14.3 Å². The number of aliphatic hydroxyl groups is 2. The number of carbonyl (C=O) groups excluding carboxylic acids is 2. The van der Waals surface area contributed by atoms with Gasteiger partial charge in [-0.15, -0.1) is 0 Å². The molecule has 3 aromatic rings. The van der Waals surface area contributed by atoms with E-state index in [-0.39, 0.29) is 29.7 Å². The summed E-state index contributed by atoms with van der Waals surface area (Å²) >= 11 is 0. The van der Waals surface area contributed by atoms with Crippen LogP contribution in [-0.2, 0) is 11.3 Å². The van der Waals surface area contributed by atoms with Crippen LogP contribution in [0.25, 0.3) is 10.9 Å². The number of nitrogens with zero attached hydrogens (tertiary/aromatic N) is 2. The minimum atomic E-state index is -1.20. The molecule has 0 aliphatic heterocycles. The third kappa shape index (κ3) is 5.98. The van der Waals surface area contributed by atoms with Crippen molar-refractivity contribution in [3.63, 3.8) is 0 Å². The Morgan fingerprint density at radius 2 is 1.74 bits per heavy atom. The van der Waals surface area contributed by atoms with Crippen molar-refractivity contribution >= 4 is 22.7 Å². The molecule has 0 spiro atoms. The van der Waals surface area contributed by atoms with E-state index in [0.29, 0.717) is 5.56 Å². The summed E-state index contributed by atoms with van der Waals surface area (Å²) in [4.78, 5) is 25.9. The van der Waals surface area contributed by atoms with Crippen molar-refractivity contribution in [3.8, 4) is 0 Å². The standard InChI is InChI=1S/C24H27F3N4O4/c1-24(2,3)21(23(35)28-10-15(33)12-32)29-22(34)19-16-8-9-17(26)18(27)20(16)31(30-19)11-13-4-6-14(25)7-5-13/h4-9,15,21,32-33H,10-12H2,1-3H3,(H,28,35)(H,29,34). The molecule has 2 aromatic carbocycles. The Kier molecular flexibility index (Phi) is 7.81. The molecule has 0 saturated carbocycles. The maximum absolute atomic E-state index is 14.8. The van der Waals surface area contributed by atoms with Crippen LogP contribution in [0, 0.1) is 22.9 Å². The first-order chi connectivity index (χ1) is 16.4. The molecule has 188 valence electrons. The lowest BCUT2D eigenvalue weighted by Crippen LogP contribution is -2.54. The minimum absolute atomic E-state index is 0.0345. The summed E-state index contributed by atoms with van der Waals surface area (Å²) in [6.45, 7) is 4.29. The maximum Gasteiger partial charge on any atom is 0.273 e. The van der Waals surface area contributed by atoms with Crippen molar-refractivity contribution in [1.29, 1.82) is 0 Å². The lowest BCUT2D eigenvalue weighted by molar-refractivity contribution is -0.125. The van der Waals surface area contributed by atoms with E-state index in [1.807, 2.05) is 0 Å². The van der Waals surface area contributed by atoms with Crippen LogP contribution in [0.1, 0.15) is 36.8 Å². The molecule has 0 saturated heterocycles. The molecule has 0 radical (unpaired) electrons. The molecule has 1 heterocycles. The Bertz CT molecular complexity index is 1220. The number of rotatable bonds is 8. The number of fused-ring (bicyclic) bond motifs is 1. The van der Waals surface area contributed by atoms with E-state index < -0.39 is 53.4 Å². The van der Waals surface area contributed by atoms with E-state index in [4.69, 9.17) is 5.11 Å². The molecule has 8 nitrogen and oxygen atoms in total. The molecule has 35 heavy (non-hydrogen) atoms. The molecule has 11 heteroatoms. The van der Waals surface area contributed by atoms with Crippen molar-refractivity contribution in [2.45, 2.75) is 39.5 Å². The first-order valence-corrected chi connectivity index (χ1v) is 10.9. The van der Waals surface area contributed by atoms with Gasteiger partial charge in [-0.25, -0.2) is 13.2 Å². The Labute approximate surface area is 199 Å². The number of aliphatic hydroxyl groups excluding tert-OH is 2. The van der Waals surface area contributed by atoms with Gasteiger partial charge in [0.25, 0.3) is 5.91 Å². The van der Waals surface area contributed by atoms with Gasteiger partial charge in [-0.05, 0) is 35.2 Å². The highest BCUT2D eigenvalue weighted by Gasteiger charge is 2.34. The highest BCUT2D eigenvalue weighted by molar-refractivity contribution is 6.06. The van der Waals surface area contributed by atoms with Crippen LogP contribution >= 0.6 is 0 Å². The molecule has 2 amide bonds. The average Bonchev–Trinajstić information content (AvgIpc) is 3.17. The number of halogens is 3. The molecule has 2 unspecified atom stereocenters. The van der Waals surface area contributed by atoms with Crippen LogP contribution in [0.2, 0.25) is 0 Å². The molecular formula is C24H27F3N4O4. The number of nitrogens with one attached hydrogen (secondary N) is 2. The van der Waals surface area contributed by atoms with Crippen molar-refractivity contribution in [2.75, 3.05) is 13.2 Å². The lowest BCUT2D eigenvalue weighted by Gasteiger charge is -2.30. The number of amides is 2. The Hall–Kier alpha value is -3.44. The minimum Gasteiger partial charge on any atom is -0.394 e. The summed E-state index contributed by atoms with van der Waals surface area (Å²) in [6, 6.07) is 6.37. The normalized spacial score (nSPS) is 13.5. The van der Waals surface area contributed by atoms with Crippen LogP contribution < -0.4 is 10.6 Å². The predicted octanol–water partition coefficient (Wildman–Crippen LogP) is 2.12. The SMILES string of the molecule is CC(C)(C)C(NC(=O)c1nn(Cc2ccc(F)cc2)c2c(F)c(F)ccc12)C(=O)NCC(O)CO. The second-order valence-corrected chi connectivity index (χ2v) is 9.24. The Morgan fingerprint density at radius 3 is 2.34 bits per heavy atom. The molecule has 2 atom stereocenters. The summed E-state index contributed by atoms with van der Waals surface area (Å²) in [6.07, 6.45) is -1.17. The lowest BCUT2D eigenvalue weighted by atomic mass is 9.86.